The fraction of sp³-hybridized carbons (Fsp3) is 0.125. The smallest absolute Gasteiger partial charge is 0.343 e. The van der Waals surface area contributed by atoms with Crippen LogP contribution in [0.15, 0.2) is 94.0 Å². The fourth-order valence-corrected chi connectivity index (χ4v) is 5.14. The van der Waals surface area contributed by atoms with Gasteiger partial charge < -0.3 is 21.3 Å². The predicted molar refractivity (Wildman–Crippen MR) is 188 cm³/mol. The van der Waals surface area contributed by atoms with E-state index in [9.17, 15) is 14.7 Å². The van der Waals surface area contributed by atoms with Crippen LogP contribution in [0.1, 0.15) is 32.1 Å². The van der Waals surface area contributed by atoms with Crippen molar-refractivity contribution in [1.82, 2.24) is 59.1 Å². The van der Waals surface area contributed by atoms with Gasteiger partial charge in [0, 0.05) is 18.5 Å². The zero-order chi connectivity index (χ0) is 37.9. The lowest BCUT2D eigenvalue weighted by atomic mass is 10.2. The fourth-order valence-electron chi connectivity index (χ4n) is 5.14. The topological polar surface area (TPSA) is 288 Å². The van der Waals surface area contributed by atoms with Crippen LogP contribution in [0.25, 0.3) is 23.3 Å². The van der Waals surface area contributed by atoms with Crippen molar-refractivity contribution in [3.05, 3.63) is 96.1 Å². The molecule has 0 aromatic carbocycles. The minimum absolute atomic E-state index is 0.0313. The van der Waals surface area contributed by atoms with Crippen LogP contribution in [0.3, 0.4) is 0 Å². The molecule has 0 unspecified atom stereocenters. The Morgan fingerprint density at radius 3 is 1.67 bits per heavy atom. The number of hydrogen-bond acceptors (Lipinski definition) is 18. The molecule has 0 fully saturated rings. The quantitative estimate of drug-likeness (QED) is 0.0975. The van der Waals surface area contributed by atoms with E-state index < -0.39 is 18.4 Å². The molecule has 7 aromatic heterocycles. The Bertz CT molecular complexity index is 2400. The van der Waals surface area contributed by atoms with Crippen molar-refractivity contribution in [3.8, 4) is 23.3 Å². The Kier molecular flexibility index (Phi) is 9.21. The van der Waals surface area contributed by atoms with E-state index in [1.165, 1.54) is 50.6 Å². The van der Waals surface area contributed by atoms with Gasteiger partial charge in [0.15, 0.2) is 63.7 Å². The van der Waals surface area contributed by atoms with Crippen molar-refractivity contribution in [2.45, 2.75) is 13.8 Å². The average Bonchev–Trinajstić information content (AvgIpc) is 3.96. The van der Waals surface area contributed by atoms with Gasteiger partial charge in [-0.1, -0.05) is 12.1 Å². The number of carbonyl (C=O) groups is 2. The molecule has 7 aromatic rings. The van der Waals surface area contributed by atoms with E-state index >= 15 is 0 Å². The number of nitrogens with zero attached hydrogens (tertiary/aromatic N) is 16. The number of nitrogen functional groups attached to an aromatic ring is 2. The second kappa shape index (κ2) is 14.4. The van der Waals surface area contributed by atoms with Crippen LogP contribution in [0.4, 0.5) is 34.6 Å². The van der Waals surface area contributed by atoms with Crippen molar-refractivity contribution < 1.29 is 19.4 Å². The lowest BCUT2D eigenvalue weighted by molar-refractivity contribution is 0.0601. The molecule has 0 saturated carbocycles. The van der Waals surface area contributed by atoms with Crippen molar-refractivity contribution in [1.29, 1.82) is 0 Å². The summed E-state index contributed by atoms with van der Waals surface area (Å²) in [5, 5.41) is 44.2. The lowest BCUT2D eigenvalue weighted by Crippen LogP contribution is -2.09. The number of methoxy groups -OCH3 is 1. The van der Waals surface area contributed by atoms with Crippen LogP contribution in [-0.4, -0.2) is 89.6 Å². The number of nitrogens with two attached hydrogens (primary N) is 2. The van der Waals surface area contributed by atoms with Gasteiger partial charge in [0.05, 0.1) is 36.5 Å². The first-order valence-electron chi connectivity index (χ1n) is 15.8. The van der Waals surface area contributed by atoms with Crippen LogP contribution in [-0.2, 0) is 4.74 Å². The maximum Gasteiger partial charge on any atom is 0.343 e. The van der Waals surface area contributed by atoms with Gasteiger partial charge in [-0.25, -0.2) is 24.7 Å². The Hall–Kier alpha value is -7.88. The van der Waals surface area contributed by atoms with Gasteiger partial charge in [-0.15, -0.1) is 20.5 Å². The number of carbonyl (C=O) groups excluding carboxylic acids is 2. The lowest BCUT2D eigenvalue weighted by Gasteiger charge is -2.07. The molecule has 5 N–H and O–H groups in total. The number of aryl methyl sites for hydroxylation is 2. The van der Waals surface area contributed by atoms with Crippen LogP contribution in [0.5, 0.6) is 0 Å². The van der Waals surface area contributed by atoms with E-state index in [1.807, 2.05) is 0 Å². The number of esters is 1. The highest BCUT2D eigenvalue weighted by molar-refractivity contribution is 6.00. The van der Waals surface area contributed by atoms with Gasteiger partial charge in [0.25, 0.3) is 0 Å². The molecule has 7 rings (SSSR count). The van der Waals surface area contributed by atoms with Gasteiger partial charge in [0.2, 0.25) is 0 Å². The number of hydrogen-bond donors (Lipinski definition) is 3. The third kappa shape index (κ3) is 6.30. The number of rotatable bonds is 11. The summed E-state index contributed by atoms with van der Waals surface area (Å²) in [4.78, 5) is 42.2. The SMILES string of the molecule is COC(=O)c1cnn(-c2ccccn2)c1/N=N/c1c(C)nn(-c2cc(-n3nc(C)c(/N=N/c4c(C(=O)CO)cnn4-c4ccccn4)c3N)ncn2)c1N. The summed E-state index contributed by atoms with van der Waals surface area (Å²) in [7, 11) is 1.24. The second-order valence-electron chi connectivity index (χ2n) is 11.1. The van der Waals surface area contributed by atoms with Gasteiger partial charge in [0.1, 0.15) is 18.5 Å². The van der Waals surface area contributed by atoms with Gasteiger partial charge in [-0.3, -0.25) is 4.79 Å². The highest BCUT2D eigenvalue weighted by Crippen LogP contribution is 2.34. The number of anilines is 2. The van der Waals surface area contributed by atoms with Crippen molar-refractivity contribution in [2.75, 3.05) is 25.2 Å². The molecule has 22 heteroatoms. The molecule has 0 radical (unpaired) electrons. The molecule has 0 saturated heterocycles. The third-order valence-electron chi connectivity index (χ3n) is 7.76. The summed E-state index contributed by atoms with van der Waals surface area (Å²) < 4.78 is 10.2. The number of aliphatic hydroxyl groups is 1. The van der Waals surface area contributed by atoms with E-state index in [4.69, 9.17) is 16.2 Å². The maximum absolute atomic E-state index is 12.5. The molecule has 0 bridgehead atoms. The van der Waals surface area contributed by atoms with E-state index in [0.29, 0.717) is 23.0 Å². The highest BCUT2D eigenvalue weighted by atomic mass is 16.5. The number of Topliss-reactive ketones (excluding diaryl/α,β-unsaturated/α-hetero) is 1. The van der Waals surface area contributed by atoms with E-state index in [0.717, 1.165) is 0 Å². The number of ketones is 1. The first-order chi connectivity index (χ1) is 26.2. The summed E-state index contributed by atoms with van der Waals surface area (Å²) in [5.74, 6) is 0.173. The third-order valence-corrected chi connectivity index (χ3v) is 7.76. The van der Waals surface area contributed by atoms with Crippen LogP contribution in [0.2, 0.25) is 0 Å². The van der Waals surface area contributed by atoms with Crippen molar-refractivity contribution >= 4 is 46.4 Å². The molecule has 54 heavy (non-hydrogen) atoms. The largest absolute Gasteiger partial charge is 0.465 e. The summed E-state index contributed by atoms with van der Waals surface area (Å²) in [6.07, 6.45) is 6.97. The first kappa shape index (κ1) is 34.6. The Labute approximate surface area is 303 Å². The van der Waals surface area contributed by atoms with E-state index in [2.05, 4.69) is 60.8 Å². The standard InChI is InChI=1S/C32H28N18O4/c1-17-26(41-43-30-19(21(52)15-51)13-39-49(30)22-8-4-6-10-35-22)28(33)47(45-17)24-12-25(38-16-37-24)48-29(34)27(18(2)46-48)42-44-31-20(32(53)54-3)14-40-50(31)23-9-5-7-11-36-23/h4-14,16,51H,15,33-34H2,1-3H3/b43-41+,44-42+. The molecule has 7 heterocycles. The maximum atomic E-state index is 12.5. The molecular weight excluding hydrogens is 700 g/mol. The van der Waals surface area contributed by atoms with Gasteiger partial charge in [-0.2, -0.15) is 39.1 Å². The van der Waals surface area contributed by atoms with E-state index in [1.54, 1.807) is 62.6 Å². The number of aliphatic hydroxyl groups excluding tert-OH is 1. The number of ether oxygens (including phenoxy) is 1. The summed E-state index contributed by atoms with van der Waals surface area (Å²) in [5.41, 5.74) is 14.3. The molecule has 0 spiro atoms. The Morgan fingerprint density at radius 2 is 1.20 bits per heavy atom. The Balaban J connectivity index is 1.21. The molecule has 0 aliphatic rings. The molecular formula is C32H28N18O4. The molecule has 0 atom stereocenters. The minimum Gasteiger partial charge on any atom is -0.465 e. The normalized spacial score (nSPS) is 11.6. The highest BCUT2D eigenvalue weighted by Gasteiger charge is 2.23. The van der Waals surface area contributed by atoms with E-state index in [-0.39, 0.29) is 57.4 Å². The van der Waals surface area contributed by atoms with Crippen molar-refractivity contribution in [2.24, 2.45) is 20.5 Å². The van der Waals surface area contributed by atoms with Crippen LogP contribution < -0.4 is 11.5 Å². The molecule has 0 amide bonds. The minimum atomic E-state index is -0.760. The van der Waals surface area contributed by atoms with Crippen LogP contribution >= 0.6 is 0 Å². The summed E-state index contributed by atoms with van der Waals surface area (Å²) in [6.45, 7) is 2.58. The predicted octanol–water partition coefficient (Wildman–Crippen LogP) is 3.58. The second-order valence-corrected chi connectivity index (χ2v) is 11.1. The molecule has 0 aliphatic carbocycles. The monoisotopic (exact) mass is 728 g/mol. The van der Waals surface area contributed by atoms with Gasteiger partial charge >= 0.3 is 5.97 Å². The zero-order valence-electron chi connectivity index (χ0n) is 28.6. The summed E-state index contributed by atoms with van der Waals surface area (Å²) >= 11 is 0. The summed E-state index contributed by atoms with van der Waals surface area (Å²) in [6, 6.07) is 11.9. The Morgan fingerprint density at radius 1 is 0.704 bits per heavy atom. The zero-order valence-corrected chi connectivity index (χ0v) is 28.6. The molecule has 0 aliphatic heterocycles. The number of pyridine rings is 2. The number of aromatic nitrogens is 12. The first-order valence-corrected chi connectivity index (χ1v) is 15.8. The molecule has 22 nitrogen and oxygen atoms in total. The van der Waals surface area contributed by atoms with Crippen molar-refractivity contribution in [3.63, 3.8) is 0 Å². The van der Waals surface area contributed by atoms with Crippen LogP contribution in [0, 0.1) is 13.8 Å². The average molecular weight is 729 g/mol. The van der Waals surface area contributed by atoms with Gasteiger partial charge in [-0.05, 0) is 38.1 Å². The number of azo groups is 2. The molecule has 270 valence electrons.